The summed E-state index contributed by atoms with van der Waals surface area (Å²) in [6.07, 6.45) is 3.23. The molecule has 0 bridgehead atoms. The van der Waals surface area contributed by atoms with Gasteiger partial charge in [-0.15, -0.1) is 0 Å². The maximum Gasteiger partial charge on any atom is 0.304 e. The molecule has 116 valence electrons. The average Bonchev–Trinajstić information content (AvgIpc) is 2.49. The molecule has 0 amide bonds. The van der Waals surface area contributed by atoms with Gasteiger partial charge in [0, 0.05) is 19.1 Å². The van der Waals surface area contributed by atoms with Crippen molar-refractivity contribution in [2.75, 3.05) is 26.3 Å². The van der Waals surface area contributed by atoms with Crippen molar-refractivity contribution < 1.29 is 14.6 Å². The highest BCUT2D eigenvalue weighted by Gasteiger charge is 2.23. The number of benzene rings is 1. The van der Waals surface area contributed by atoms with E-state index in [2.05, 4.69) is 36.1 Å². The van der Waals surface area contributed by atoms with Crippen LogP contribution in [-0.4, -0.2) is 48.3 Å². The van der Waals surface area contributed by atoms with Crippen molar-refractivity contribution >= 4 is 5.97 Å². The molecular formula is C17H25NO3. The number of hydrogen-bond donors (Lipinski definition) is 1. The van der Waals surface area contributed by atoms with Crippen molar-refractivity contribution in [2.24, 2.45) is 0 Å². The maximum absolute atomic E-state index is 11.1. The predicted molar refractivity (Wildman–Crippen MR) is 82.6 cm³/mol. The van der Waals surface area contributed by atoms with Crippen LogP contribution in [0.1, 0.15) is 30.9 Å². The first kappa shape index (κ1) is 16.0. The number of hydrogen-bond acceptors (Lipinski definition) is 3. The minimum Gasteiger partial charge on any atom is -0.481 e. The minimum atomic E-state index is -0.728. The third-order valence-electron chi connectivity index (χ3n) is 4.01. The molecule has 0 radical (unpaired) electrons. The Morgan fingerprint density at radius 1 is 1.24 bits per heavy atom. The molecule has 1 saturated heterocycles. The molecule has 21 heavy (non-hydrogen) atoms. The molecule has 1 atom stereocenters. The van der Waals surface area contributed by atoms with Crippen molar-refractivity contribution in [2.45, 2.75) is 38.6 Å². The lowest BCUT2D eigenvalue weighted by molar-refractivity contribution is -0.138. The van der Waals surface area contributed by atoms with Gasteiger partial charge < -0.3 is 9.84 Å². The molecule has 4 heteroatoms. The number of morpholine rings is 1. The summed E-state index contributed by atoms with van der Waals surface area (Å²) in [6.45, 7) is 5.23. The molecule has 0 saturated carbocycles. The number of nitrogens with zero attached hydrogens (tertiary/aromatic N) is 1. The van der Waals surface area contributed by atoms with Gasteiger partial charge in [0.1, 0.15) is 0 Å². The Labute approximate surface area is 126 Å². The second-order valence-electron chi connectivity index (χ2n) is 5.67. The number of aliphatic carboxylic acids is 1. The molecule has 1 aromatic rings. The van der Waals surface area contributed by atoms with Crippen molar-refractivity contribution in [1.29, 1.82) is 0 Å². The topological polar surface area (TPSA) is 49.8 Å². The molecule has 4 nitrogen and oxygen atoms in total. The molecule has 1 fully saturated rings. The first-order valence-electron chi connectivity index (χ1n) is 7.80. The van der Waals surface area contributed by atoms with E-state index in [0.29, 0.717) is 13.2 Å². The number of carbonyl (C=O) groups is 1. The summed E-state index contributed by atoms with van der Waals surface area (Å²) in [5.41, 5.74) is 2.56. The number of ether oxygens (including phenoxy) is 1. The summed E-state index contributed by atoms with van der Waals surface area (Å²) in [5.74, 6) is -0.728. The van der Waals surface area contributed by atoms with Gasteiger partial charge >= 0.3 is 5.97 Å². The molecule has 1 heterocycles. The summed E-state index contributed by atoms with van der Waals surface area (Å²) in [5, 5.41) is 9.15. The standard InChI is InChI=1S/C17H25NO3/c1-2-3-14-4-6-15(7-5-14)12-16(13-17(19)20)18-8-10-21-11-9-18/h4-7,16H,2-3,8-13H2,1H3,(H,19,20). The number of aryl methyl sites for hydroxylation is 1. The Morgan fingerprint density at radius 3 is 2.43 bits per heavy atom. The summed E-state index contributed by atoms with van der Waals surface area (Å²) < 4.78 is 5.36. The molecule has 1 unspecified atom stereocenters. The van der Waals surface area contributed by atoms with Crippen molar-refractivity contribution in [3.63, 3.8) is 0 Å². The van der Waals surface area contributed by atoms with Crippen molar-refractivity contribution in [3.8, 4) is 0 Å². The van der Waals surface area contributed by atoms with E-state index in [0.717, 1.165) is 32.4 Å². The molecule has 2 rings (SSSR count). The Hall–Kier alpha value is -1.39. The number of carboxylic acids is 1. The first-order chi connectivity index (χ1) is 10.2. The van der Waals surface area contributed by atoms with Crippen LogP contribution >= 0.6 is 0 Å². The molecule has 1 aliphatic heterocycles. The molecule has 1 aliphatic rings. The third-order valence-corrected chi connectivity index (χ3v) is 4.01. The largest absolute Gasteiger partial charge is 0.481 e. The molecule has 0 spiro atoms. The van der Waals surface area contributed by atoms with Crippen LogP contribution in [0.25, 0.3) is 0 Å². The second kappa shape index (κ2) is 8.15. The van der Waals surface area contributed by atoms with Crippen molar-refractivity contribution in [3.05, 3.63) is 35.4 Å². The lowest BCUT2D eigenvalue weighted by atomic mass is 9.99. The normalized spacial score (nSPS) is 17.6. The highest BCUT2D eigenvalue weighted by atomic mass is 16.5. The van der Waals surface area contributed by atoms with E-state index in [1.54, 1.807) is 0 Å². The van der Waals surface area contributed by atoms with Crippen LogP contribution in [0.4, 0.5) is 0 Å². The fraction of sp³-hybridized carbons (Fsp3) is 0.588. The van der Waals surface area contributed by atoms with Crippen LogP contribution < -0.4 is 0 Å². The number of rotatable bonds is 7. The fourth-order valence-electron chi connectivity index (χ4n) is 2.88. The van der Waals surface area contributed by atoms with Gasteiger partial charge in [0.25, 0.3) is 0 Å². The van der Waals surface area contributed by atoms with Crippen LogP contribution in [0.15, 0.2) is 24.3 Å². The summed E-state index contributed by atoms with van der Waals surface area (Å²) in [6, 6.07) is 8.66. The number of carboxylic acid groups (broad SMARTS) is 1. The summed E-state index contributed by atoms with van der Waals surface area (Å²) >= 11 is 0. The molecular weight excluding hydrogens is 266 g/mol. The maximum atomic E-state index is 11.1. The van der Waals surface area contributed by atoms with Gasteiger partial charge in [0.05, 0.1) is 19.6 Å². The van der Waals surface area contributed by atoms with Gasteiger partial charge in [-0.05, 0) is 24.0 Å². The van der Waals surface area contributed by atoms with E-state index in [1.165, 1.54) is 11.1 Å². The molecule has 0 aliphatic carbocycles. The molecule has 1 N–H and O–H groups in total. The minimum absolute atomic E-state index is 0.0587. The smallest absolute Gasteiger partial charge is 0.304 e. The molecule has 1 aromatic carbocycles. The van der Waals surface area contributed by atoms with Gasteiger partial charge in [-0.1, -0.05) is 37.6 Å². The Morgan fingerprint density at radius 2 is 1.86 bits per heavy atom. The van der Waals surface area contributed by atoms with Crippen molar-refractivity contribution in [1.82, 2.24) is 4.90 Å². The highest BCUT2D eigenvalue weighted by molar-refractivity contribution is 5.67. The van der Waals surface area contributed by atoms with E-state index in [1.807, 2.05) is 0 Å². The Bertz CT molecular complexity index is 438. The van der Waals surface area contributed by atoms with Gasteiger partial charge in [0.15, 0.2) is 0 Å². The van der Waals surface area contributed by atoms with E-state index in [4.69, 9.17) is 9.84 Å². The Kier molecular flexibility index (Phi) is 6.21. The van der Waals surface area contributed by atoms with Gasteiger partial charge in [-0.3, -0.25) is 9.69 Å². The van der Waals surface area contributed by atoms with Crippen LogP contribution in [0.5, 0.6) is 0 Å². The zero-order valence-electron chi connectivity index (χ0n) is 12.8. The second-order valence-corrected chi connectivity index (χ2v) is 5.67. The summed E-state index contributed by atoms with van der Waals surface area (Å²) in [7, 11) is 0. The van der Waals surface area contributed by atoms with E-state index in [9.17, 15) is 4.79 Å². The van der Waals surface area contributed by atoms with Crippen LogP contribution in [0.2, 0.25) is 0 Å². The average molecular weight is 291 g/mol. The van der Waals surface area contributed by atoms with E-state index in [-0.39, 0.29) is 12.5 Å². The molecule has 0 aromatic heterocycles. The van der Waals surface area contributed by atoms with E-state index >= 15 is 0 Å². The van der Waals surface area contributed by atoms with Gasteiger partial charge in [-0.2, -0.15) is 0 Å². The quantitative estimate of drug-likeness (QED) is 0.838. The lowest BCUT2D eigenvalue weighted by Crippen LogP contribution is -2.45. The van der Waals surface area contributed by atoms with Crippen LogP contribution in [-0.2, 0) is 22.4 Å². The highest BCUT2D eigenvalue weighted by Crippen LogP contribution is 2.15. The lowest BCUT2D eigenvalue weighted by Gasteiger charge is -2.33. The predicted octanol–water partition coefficient (Wildman–Crippen LogP) is 2.36. The van der Waals surface area contributed by atoms with Gasteiger partial charge in [-0.25, -0.2) is 0 Å². The summed E-state index contributed by atoms with van der Waals surface area (Å²) in [4.78, 5) is 13.4. The Balaban J connectivity index is 2.01. The first-order valence-corrected chi connectivity index (χ1v) is 7.80. The monoisotopic (exact) mass is 291 g/mol. The zero-order valence-corrected chi connectivity index (χ0v) is 12.8. The fourth-order valence-corrected chi connectivity index (χ4v) is 2.88. The zero-order chi connectivity index (χ0) is 15.1. The van der Waals surface area contributed by atoms with Crippen LogP contribution in [0, 0.1) is 0 Å². The van der Waals surface area contributed by atoms with Crippen LogP contribution in [0.3, 0.4) is 0 Å². The third kappa shape index (κ3) is 5.14. The van der Waals surface area contributed by atoms with Gasteiger partial charge in [0.2, 0.25) is 0 Å². The van der Waals surface area contributed by atoms with E-state index < -0.39 is 5.97 Å². The SMILES string of the molecule is CCCc1ccc(CC(CC(=O)O)N2CCOCC2)cc1.